The van der Waals surface area contributed by atoms with E-state index in [1.807, 2.05) is 0 Å². The predicted octanol–water partition coefficient (Wildman–Crippen LogP) is 4.07. The van der Waals surface area contributed by atoms with Crippen molar-refractivity contribution in [3.8, 4) is 28.6 Å². The van der Waals surface area contributed by atoms with Gasteiger partial charge in [0.25, 0.3) is 11.8 Å². The van der Waals surface area contributed by atoms with E-state index in [0.717, 1.165) is 4.90 Å². The van der Waals surface area contributed by atoms with Crippen LogP contribution in [0.2, 0.25) is 0 Å². The molecule has 186 valence electrons. The fraction of sp³-hybridized carbons (Fsp3) is 0.143. The Bertz CT molecular complexity index is 1590. The van der Waals surface area contributed by atoms with Gasteiger partial charge in [0.2, 0.25) is 11.2 Å². The Labute approximate surface area is 210 Å². The van der Waals surface area contributed by atoms with Gasteiger partial charge >= 0.3 is 5.97 Å². The number of hydrogen-bond donors (Lipinski definition) is 0. The number of carbonyl (C=O) groups is 3. The predicted molar refractivity (Wildman–Crippen MR) is 133 cm³/mol. The van der Waals surface area contributed by atoms with E-state index in [9.17, 15) is 19.2 Å². The third-order valence-electron chi connectivity index (χ3n) is 6.04. The second-order valence-corrected chi connectivity index (χ2v) is 8.19. The van der Waals surface area contributed by atoms with Gasteiger partial charge in [0.05, 0.1) is 37.2 Å². The number of fused-ring (bicyclic) bond motifs is 2. The van der Waals surface area contributed by atoms with Crippen molar-refractivity contribution in [2.24, 2.45) is 0 Å². The van der Waals surface area contributed by atoms with Gasteiger partial charge in [-0.2, -0.15) is 0 Å². The summed E-state index contributed by atoms with van der Waals surface area (Å²) in [6, 6.07) is 17.9. The first-order chi connectivity index (χ1) is 17.9. The van der Waals surface area contributed by atoms with Crippen molar-refractivity contribution in [2.45, 2.75) is 6.42 Å². The fourth-order valence-electron chi connectivity index (χ4n) is 4.20. The Morgan fingerprint density at radius 1 is 0.838 bits per heavy atom. The van der Waals surface area contributed by atoms with Gasteiger partial charge in [-0.05, 0) is 42.5 Å². The number of para-hydroxylation sites is 1. The molecule has 1 aliphatic rings. The van der Waals surface area contributed by atoms with Crippen LogP contribution in [0.1, 0.15) is 27.1 Å². The van der Waals surface area contributed by atoms with Gasteiger partial charge in [-0.1, -0.05) is 24.3 Å². The van der Waals surface area contributed by atoms with Gasteiger partial charge in [0, 0.05) is 12.1 Å². The Morgan fingerprint density at radius 2 is 1.49 bits per heavy atom. The van der Waals surface area contributed by atoms with E-state index in [0.29, 0.717) is 22.6 Å². The minimum absolute atomic E-state index is 0.0266. The van der Waals surface area contributed by atoms with Gasteiger partial charge in [-0.15, -0.1) is 0 Å². The van der Waals surface area contributed by atoms with Gasteiger partial charge in [0.1, 0.15) is 5.58 Å². The van der Waals surface area contributed by atoms with E-state index in [1.54, 1.807) is 66.7 Å². The number of hydrogen-bond acceptors (Lipinski definition) is 8. The number of amides is 2. The molecule has 1 aliphatic heterocycles. The molecule has 0 unspecified atom stereocenters. The fourth-order valence-corrected chi connectivity index (χ4v) is 4.20. The Morgan fingerprint density at radius 3 is 2.16 bits per heavy atom. The van der Waals surface area contributed by atoms with Crippen LogP contribution in [-0.2, 0) is 4.79 Å². The van der Waals surface area contributed by atoms with Crippen LogP contribution in [0.15, 0.2) is 75.9 Å². The number of methoxy groups -OCH3 is 2. The van der Waals surface area contributed by atoms with Gasteiger partial charge in [-0.3, -0.25) is 24.1 Å². The summed E-state index contributed by atoms with van der Waals surface area (Å²) in [5, 5.41) is 0.231. The van der Waals surface area contributed by atoms with Crippen LogP contribution in [0, 0.1) is 0 Å². The zero-order chi connectivity index (χ0) is 26.1. The highest BCUT2D eigenvalue weighted by molar-refractivity contribution is 6.21. The van der Waals surface area contributed by atoms with E-state index in [-0.39, 0.29) is 41.0 Å². The summed E-state index contributed by atoms with van der Waals surface area (Å²) >= 11 is 0. The summed E-state index contributed by atoms with van der Waals surface area (Å²) < 4.78 is 22.1. The molecule has 0 fully saturated rings. The van der Waals surface area contributed by atoms with Crippen LogP contribution in [0.25, 0.3) is 22.3 Å². The lowest BCUT2D eigenvalue weighted by molar-refractivity contribution is -0.134. The first-order valence-corrected chi connectivity index (χ1v) is 11.4. The molecule has 0 aliphatic carbocycles. The van der Waals surface area contributed by atoms with Gasteiger partial charge in [-0.25, -0.2) is 0 Å². The molecule has 0 saturated heterocycles. The lowest BCUT2D eigenvalue weighted by Crippen LogP contribution is -2.32. The second-order valence-electron chi connectivity index (χ2n) is 8.19. The molecule has 0 saturated carbocycles. The summed E-state index contributed by atoms with van der Waals surface area (Å²) in [7, 11) is 2.97. The first-order valence-electron chi connectivity index (χ1n) is 11.4. The van der Waals surface area contributed by atoms with Crippen molar-refractivity contribution in [1.82, 2.24) is 4.90 Å². The molecule has 4 aromatic rings. The summed E-state index contributed by atoms with van der Waals surface area (Å²) in [5.74, 6) is -1.19. The molecule has 0 atom stereocenters. The minimum atomic E-state index is -0.805. The SMILES string of the molecule is COc1ccc(-c2oc3ccccc3c(=O)c2OC(=O)CCN2C(=O)c3ccccc3C2=O)cc1OC. The maximum atomic E-state index is 13.3. The molecule has 0 spiro atoms. The topological polar surface area (TPSA) is 112 Å². The smallest absolute Gasteiger partial charge is 0.313 e. The molecular weight excluding hydrogens is 478 g/mol. The summed E-state index contributed by atoms with van der Waals surface area (Å²) in [4.78, 5) is 52.4. The van der Waals surface area contributed by atoms with Crippen molar-refractivity contribution >= 4 is 28.8 Å². The summed E-state index contributed by atoms with van der Waals surface area (Å²) in [5.41, 5.74) is 0.756. The molecular formula is C28H21NO8. The maximum absolute atomic E-state index is 13.3. The molecule has 0 bridgehead atoms. The molecule has 9 heteroatoms. The van der Waals surface area contributed by atoms with E-state index in [1.165, 1.54) is 14.2 Å². The van der Waals surface area contributed by atoms with E-state index < -0.39 is 23.2 Å². The third kappa shape index (κ3) is 4.20. The molecule has 9 nitrogen and oxygen atoms in total. The molecule has 1 aromatic heterocycles. The Balaban J connectivity index is 1.46. The average molecular weight is 499 g/mol. The quantitative estimate of drug-likeness (QED) is 0.276. The normalized spacial score (nSPS) is 12.5. The number of rotatable bonds is 7. The Kier molecular flexibility index (Phi) is 6.19. The van der Waals surface area contributed by atoms with Crippen LogP contribution in [-0.4, -0.2) is 43.4 Å². The zero-order valence-electron chi connectivity index (χ0n) is 20.0. The number of imide groups is 1. The van der Waals surface area contributed by atoms with Crippen molar-refractivity contribution < 1.29 is 33.0 Å². The van der Waals surface area contributed by atoms with E-state index >= 15 is 0 Å². The molecule has 0 N–H and O–H groups in total. The number of benzene rings is 3. The first kappa shape index (κ1) is 23.8. The Hall–Kier alpha value is -4.92. The van der Waals surface area contributed by atoms with Gasteiger partial charge < -0.3 is 18.6 Å². The van der Waals surface area contributed by atoms with Crippen molar-refractivity contribution in [2.75, 3.05) is 20.8 Å². The number of nitrogens with zero attached hydrogens (tertiary/aromatic N) is 1. The monoisotopic (exact) mass is 499 g/mol. The second kappa shape index (κ2) is 9.62. The van der Waals surface area contributed by atoms with Crippen molar-refractivity contribution in [3.05, 3.63) is 88.1 Å². The number of esters is 1. The zero-order valence-corrected chi connectivity index (χ0v) is 20.0. The standard InChI is InChI=1S/C28H21NO8/c1-34-21-12-11-16(15-22(21)35-2)25-26(24(31)19-9-5-6-10-20(19)36-25)37-23(30)13-14-29-27(32)17-7-3-4-8-18(17)28(29)33/h3-12,15H,13-14H2,1-2H3. The average Bonchev–Trinajstić information content (AvgIpc) is 3.17. The van der Waals surface area contributed by atoms with Crippen LogP contribution in [0.5, 0.6) is 17.2 Å². The lowest BCUT2D eigenvalue weighted by Gasteiger charge is -2.15. The van der Waals surface area contributed by atoms with Crippen LogP contribution < -0.4 is 19.6 Å². The molecule has 2 heterocycles. The highest BCUT2D eigenvalue weighted by Gasteiger charge is 2.35. The summed E-state index contributed by atoms with van der Waals surface area (Å²) in [6.45, 7) is -0.199. The van der Waals surface area contributed by atoms with Crippen molar-refractivity contribution in [1.29, 1.82) is 0 Å². The number of carbonyl (C=O) groups excluding carboxylic acids is 3. The van der Waals surface area contributed by atoms with Gasteiger partial charge in [0.15, 0.2) is 17.3 Å². The van der Waals surface area contributed by atoms with Crippen molar-refractivity contribution in [3.63, 3.8) is 0 Å². The summed E-state index contributed by atoms with van der Waals surface area (Å²) in [6.07, 6.45) is -0.316. The van der Waals surface area contributed by atoms with E-state index in [2.05, 4.69) is 0 Å². The van der Waals surface area contributed by atoms with Crippen LogP contribution >= 0.6 is 0 Å². The van der Waals surface area contributed by atoms with Crippen LogP contribution in [0.4, 0.5) is 0 Å². The highest BCUT2D eigenvalue weighted by atomic mass is 16.5. The molecule has 3 aromatic carbocycles. The minimum Gasteiger partial charge on any atom is -0.493 e. The molecule has 0 radical (unpaired) electrons. The molecule has 2 amide bonds. The lowest BCUT2D eigenvalue weighted by atomic mass is 10.1. The third-order valence-corrected chi connectivity index (χ3v) is 6.04. The van der Waals surface area contributed by atoms with E-state index in [4.69, 9.17) is 18.6 Å². The molecule has 37 heavy (non-hydrogen) atoms. The number of ether oxygens (including phenoxy) is 3. The largest absolute Gasteiger partial charge is 0.493 e. The maximum Gasteiger partial charge on any atom is 0.313 e. The molecule has 5 rings (SSSR count). The van der Waals surface area contributed by atoms with Crippen LogP contribution in [0.3, 0.4) is 0 Å². The highest BCUT2D eigenvalue weighted by Crippen LogP contribution is 2.37.